The number of hydrogen-bond donors (Lipinski definition) is 2. The second-order valence-electron chi connectivity index (χ2n) is 7.05. The third kappa shape index (κ3) is 3.31. The second-order valence-corrected chi connectivity index (χ2v) is 7.05. The summed E-state index contributed by atoms with van der Waals surface area (Å²) in [5.74, 6) is 0.623. The van der Waals surface area contributed by atoms with Gasteiger partial charge in [-0.05, 0) is 61.4 Å². The molecule has 2 aliphatic rings. The molecule has 130 valence electrons. The Morgan fingerprint density at radius 2 is 2.12 bits per heavy atom. The molecule has 0 spiro atoms. The van der Waals surface area contributed by atoms with E-state index in [1.165, 1.54) is 17.5 Å². The van der Waals surface area contributed by atoms with E-state index in [0.717, 1.165) is 48.9 Å². The Morgan fingerprint density at radius 1 is 1.33 bits per heavy atom. The molecule has 1 saturated heterocycles. The van der Waals surface area contributed by atoms with Crippen molar-refractivity contribution in [3.63, 3.8) is 0 Å². The maximum atomic E-state index is 12.4. The van der Waals surface area contributed by atoms with Crippen LogP contribution in [0.25, 0.3) is 11.0 Å². The molecule has 0 radical (unpaired) electrons. The topological polar surface area (TPSA) is 54.3 Å². The number of amides is 1. The van der Waals surface area contributed by atoms with Crippen LogP contribution < -0.4 is 10.6 Å². The molecule has 1 aromatic heterocycles. The zero-order valence-electron chi connectivity index (χ0n) is 14.1. The lowest BCUT2D eigenvalue weighted by Crippen LogP contribution is -2.50. The van der Waals surface area contributed by atoms with E-state index in [4.69, 9.17) is 4.42 Å². The van der Waals surface area contributed by atoms with Gasteiger partial charge in [0.1, 0.15) is 5.58 Å². The molecule has 2 aromatic rings. The standard InChI is InChI=1S/C19H24N2O2.ClH/c1-12-5-6-20-10-17(12)21-19(22)9-15-11-23-18-8-14-4-2-3-13(14)7-16(15)18;/h7-8,11-12,17,20H,2-6,9-10H2,1H3,(H,21,22);1H. The summed E-state index contributed by atoms with van der Waals surface area (Å²) in [5, 5.41) is 7.64. The number of aryl methyl sites for hydroxylation is 2. The summed E-state index contributed by atoms with van der Waals surface area (Å²) in [5.41, 5.74) is 4.75. The van der Waals surface area contributed by atoms with Gasteiger partial charge in [-0.25, -0.2) is 0 Å². The van der Waals surface area contributed by atoms with Gasteiger partial charge in [0, 0.05) is 23.5 Å². The summed E-state index contributed by atoms with van der Waals surface area (Å²) in [6, 6.07) is 4.62. The quantitative estimate of drug-likeness (QED) is 0.896. The van der Waals surface area contributed by atoms with Crippen molar-refractivity contribution in [2.45, 2.75) is 45.1 Å². The Hall–Kier alpha value is -1.52. The van der Waals surface area contributed by atoms with Crippen LogP contribution in [-0.2, 0) is 24.1 Å². The minimum atomic E-state index is 0. The first-order valence-electron chi connectivity index (χ1n) is 8.72. The van der Waals surface area contributed by atoms with Crippen LogP contribution in [0.3, 0.4) is 0 Å². The lowest BCUT2D eigenvalue weighted by Gasteiger charge is -2.30. The number of furan rings is 1. The normalized spacial score (nSPS) is 22.9. The molecule has 1 aliphatic carbocycles. The molecule has 0 saturated carbocycles. The van der Waals surface area contributed by atoms with Gasteiger partial charge in [0.15, 0.2) is 0 Å². The Bertz CT molecular complexity index is 740. The molecule has 1 amide bonds. The van der Waals surface area contributed by atoms with Crippen LogP contribution in [0.15, 0.2) is 22.8 Å². The van der Waals surface area contributed by atoms with Crippen LogP contribution in [0.4, 0.5) is 0 Å². The summed E-state index contributed by atoms with van der Waals surface area (Å²) in [7, 11) is 0. The molecule has 0 bridgehead atoms. The molecule has 5 heteroatoms. The molecule has 2 heterocycles. The van der Waals surface area contributed by atoms with Crippen molar-refractivity contribution in [1.82, 2.24) is 10.6 Å². The summed E-state index contributed by atoms with van der Waals surface area (Å²) < 4.78 is 5.69. The van der Waals surface area contributed by atoms with Crippen LogP contribution >= 0.6 is 12.4 Å². The maximum Gasteiger partial charge on any atom is 0.224 e. The van der Waals surface area contributed by atoms with Crippen LogP contribution in [0, 0.1) is 5.92 Å². The predicted molar refractivity (Wildman–Crippen MR) is 97.8 cm³/mol. The van der Waals surface area contributed by atoms with Crippen LogP contribution in [-0.4, -0.2) is 25.0 Å². The molecule has 24 heavy (non-hydrogen) atoms. The first-order chi connectivity index (χ1) is 11.2. The highest BCUT2D eigenvalue weighted by molar-refractivity contribution is 5.88. The summed E-state index contributed by atoms with van der Waals surface area (Å²) in [4.78, 5) is 12.4. The Kier molecular flexibility index (Phi) is 5.16. The van der Waals surface area contributed by atoms with Gasteiger partial charge in [0.2, 0.25) is 5.91 Å². The lowest BCUT2D eigenvalue weighted by molar-refractivity contribution is -0.121. The van der Waals surface area contributed by atoms with Gasteiger partial charge in [-0.2, -0.15) is 0 Å². The molecule has 2 N–H and O–H groups in total. The van der Waals surface area contributed by atoms with Gasteiger partial charge in [-0.15, -0.1) is 12.4 Å². The zero-order chi connectivity index (χ0) is 15.8. The minimum absolute atomic E-state index is 0. The number of hydrogen-bond acceptors (Lipinski definition) is 3. The SMILES string of the molecule is CC1CCNCC1NC(=O)Cc1coc2cc3c(cc12)CCC3.Cl. The molecule has 2 unspecified atom stereocenters. The first kappa shape index (κ1) is 17.3. The number of nitrogens with one attached hydrogen (secondary N) is 2. The van der Waals surface area contributed by atoms with Crippen molar-refractivity contribution in [2.24, 2.45) is 5.92 Å². The van der Waals surface area contributed by atoms with E-state index >= 15 is 0 Å². The van der Waals surface area contributed by atoms with Gasteiger partial charge < -0.3 is 15.1 Å². The van der Waals surface area contributed by atoms with E-state index in [-0.39, 0.29) is 24.4 Å². The number of fused-ring (bicyclic) bond motifs is 2. The average molecular weight is 349 g/mol. The van der Waals surface area contributed by atoms with Crippen LogP contribution in [0.5, 0.6) is 0 Å². The largest absolute Gasteiger partial charge is 0.464 e. The van der Waals surface area contributed by atoms with Gasteiger partial charge in [-0.3, -0.25) is 4.79 Å². The van der Waals surface area contributed by atoms with Crippen molar-refractivity contribution in [1.29, 1.82) is 0 Å². The molecule has 2 atom stereocenters. The second kappa shape index (κ2) is 7.16. The Morgan fingerprint density at radius 3 is 2.92 bits per heavy atom. The van der Waals surface area contributed by atoms with E-state index in [2.05, 4.69) is 29.7 Å². The lowest BCUT2D eigenvalue weighted by atomic mass is 9.94. The van der Waals surface area contributed by atoms with E-state index in [1.54, 1.807) is 6.26 Å². The van der Waals surface area contributed by atoms with Gasteiger partial charge >= 0.3 is 0 Å². The third-order valence-corrected chi connectivity index (χ3v) is 5.39. The van der Waals surface area contributed by atoms with Crippen molar-refractivity contribution in [2.75, 3.05) is 13.1 Å². The number of carbonyl (C=O) groups is 1. The van der Waals surface area contributed by atoms with Gasteiger partial charge in [0.25, 0.3) is 0 Å². The number of benzene rings is 1. The number of rotatable bonds is 3. The maximum absolute atomic E-state index is 12.4. The van der Waals surface area contributed by atoms with E-state index in [9.17, 15) is 4.79 Å². The number of carbonyl (C=O) groups excluding carboxylic acids is 1. The average Bonchev–Trinajstić information content (AvgIpc) is 3.14. The monoisotopic (exact) mass is 348 g/mol. The van der Waals surface area contributed by atoms with Gasteiger partial charge in [0.05, 0.1) is 12.7 Å². The van der Waals surface area contributed by atoms with Crippen molar-refractivity contribution in [3.05, 3.63) is 35.1 Å². The van der Waals surface area contributed by atoms with E-state index < -0.39 is 0 Å². The number of halogens is 1. The number of piperidine rings is 1. The van der Waals surface area contributed by atoms with Gasteiger partial charge in [-0.1, -0.05) is 6.92 Å². The highest BCUT2D eigenvalue weighted by atomic mass is 35.5. The molecule has 1 aromatic carbocycles. The smallest absolute Gasteiger partial charge is 0.224 e. The fourth-order valence-electron chi connectivity index (χ4n) is 3.90. The molecule has 4 nitrogen and oxygen atoms in total. The highest BCUT2D eigenvalue weighted by Crippen LogP contribution is 2.30. The highest BCUT2D eigenvalue weighted by Gasteiger charge is 2.23. The minimum Gasteiger partial charge on any atom is -0.464 e. The fourth-order valence-corrected chi connectivity index (χ4v) is 3.90. The van der Waals surface area contributed by atoms with Crippen molar-refractivity contribution in [3.8, 4) is 0 Å². The summed E-state index contributed by atoms with van der Waals surface area (Å²) in [6.45, 7) is 4.12. The molecule has 4 rings (SSSR count). The van der Waals surface area contributed by atoms with Crippen LogP contribution in [0.1, 0.15) is 36.5 Å². The van der Waals surface area contributed by atoms with E-state index in [0.29, 0.717) is 12.3 Å². The Balaban J connectivity index is 0.00000169. The zero-order valence-corrected chi connectivity index (χ0v) is 14.9. The van der Waals surface area contributed by atoms with Crippen LogP contribution in [0.2, 0.25) is 0 Å². The molecule has 1 aliphatic heterocycles. The third-order valence-electron chi connectivity index (χ3n) is 5.39. The summed E-state index contributed by atoms with van der Waals surface area (Å²) in [6.07, 6.45) is 6.79. The molecular formula is C19H25ClN2O2. The van der Waals surface area contributed by atoms with Crippen molar-refractivity contribution < 1.29 is 9.21 Å². The molecular weight excluding hydrogens is 324 g/mol. The predicted octanol–water partition coefficient (Wildman–Crippen LogP) is 3.00. The first-order valence-corrected chi connectivity index (χ1v) is 8.72. The van der Waals surface area contributed by atoms with Crippen molar-refractivity contribution >= 4 is 29.3 Å². The Labute approximate surface area is 148 Å². The fraction of sp³-hybridized carbons (Fsp3) is 0.526. The molecule has 1 fully saturated rings. The summed E-state index contributed by atoms with van der Waals surface area (Å²) >= 11 is 0. The van der Waals surface area contributed by atoms with E-state index in [1.807, 2.05) is 0 Å².